The fraction of sp³-hybridized carbons (Fsp3) is 0.333. The van der Waals surface area contributed by atoms with E-state index in [4.69, 9.17) is 0 Å². The van der Waals surface area contributed by atoms with Crippen molar-refractivity contribution in [3.8, 4) is 0 Å². The van der Waals surface area contributed by atoms with Crippen LogP contribution in [0, 0.1) is 11.8 Å². The number of fused-ring (bicyclic) bond motifs is 1. The third kappa shape index (κ3) is 1.46. The largest absolute Gasteiger partial charge is 0.324 e. The molecule has 0 saturated heterocycles. The summed E-state index contributed by atoms with van der Waals surface area (Å²) in [5, 5.41) is 10.8. The zero-order chi connectivity index (χ0) is 11.1. The number of para-hydroxylation sites is 1. The Morgan fingerprint density at radius 3 is 3.12 bits per heavy atom. The summed E-state index contributed by atoms with van der Waals surface area (Å²) in [6.07, 6.45) is 2.76. The minimum Gasteiger partial charge on any atom is -0.324 e. The van der Waals surface area contributed by atoms with Gasteiger partial charge in [-0.3, -0.25) is 9.89 Å². The molecule has 82 valence electrons. The molecule has 0 unspecified atom stereocenters. The fourth-order valence-electron chi connectivity index (χ4n) is 1.99. The Hall–Kier alpha value is -1.84. The minimum absolute atomic E-state index is 0.120. The molecule has 1 fully saturated rings. The van der Waals surface area contributed by atoms with E-state index in [0.29, 0.717) is 5.92 Å². The summed E-state index contributed by atoms with van der Waals surface area (Å²) >= 11 is 0. The standard InChI is InChI=1S/C12H13N3O/c1-7-5-9(7)12(16)14-10-4-2-3-8-6-13-15-11(8)10/h2-4,6-7,9H,5H2,1H3,(H,13,15)(H,14,16)/t7-,9+/m1/s1. The van der Waals surface area contributed by atoms with Crippen molar-refractivity contribution in [2.75, 3.05) is 5.32 Å². The molecule has 2 atom stereocenters. The van der Waals surface area contributed by atoms with Crippen LogP contribution < -0.4 is 5.32 Å². The number of carbonyl (C=O) groups is 1. The van der Waals surface area contributed by atoms with Crippen molar-refractivity contribution >= 4 is 22.5 Å². The maximum absolute atomic E-state index is 11.8. The zero-order valence-corrected chi connectivity index (χ0v) is 9.03. The molecule has 1 aromatic heterocycles. The highest BCUT2D eigenvalue weighted by molar-refractivity contribution is 6.01. The Morgan fingerprint density at radius 1 is 1.56 bits per heavy atom. The van der Waals surface area contributed by atoms with Gasteiger partial charge in [-0.15, -0.1) is 0 Å². The van der Waals surface area contributed by atoms with Gasteiger partial charge in [-0.25, -0.2) is 0 Å². The first-order valence-electron chi connectivity index (χ1n) is 5.48. The van der Waals surface area contributed by atoms with E-state index in [0.717, 1.165) is 23.0 Å². The second kappa shape index (κ2) is 3.33. The molecule has 0 bridgehead atoms. The molecule has 1 heterocycles. The Morgan fingerprint density at radius 2 is 2.38 bits per heavy atom. The molecule has 16 heavy (non-hydrogen) atoms. The lowest BCUT2D eigenvalue weighted by Crippen LogP contribution is -2.14. The van der Waals surface area contributed by atoms with Crippen molar-refractivity contribution in [2.24, 2.45) is 11.8 Å². The van der Waals surface area contributed by atoms with Crippen LogP contribution in [-0.2, 0) is 4.79 Å². The van der Waals surface area contributed by atoms with Crippen LogP contribution in [0.3, 0.4) is 0 Å². The first-order valence-corrected chi connectivity index (χ1v) is 5.48. The topological polar surface area (TPSA) is 57.8 Å². The molecule has 0 spiro atoms. The lowest BCUT2D eigenvalue weighted by Gasteiger charge is -2.05. The molecule has 1 aromatic carbocycles. The lowest BCUT2D eigenvalue weighted by atomic mass is 10.2. The number of anilines is 1. The number of rotatable bonds is 2. The number of aromatic amines is 1. The van der Waals surface area contributed by atoms with E-state index in [2.05, 4.69) is 22.4 Å². The van der Waals surface area contributed by atoms with Gasteiger partial charge in [-0.1, -0.05) is 19.1 Å². The lowest BCUT2D eigenvalue weighted by molar-refractivity contribution is -0.117. The van der Waals surface area contributed by atoms with Gasteiger partial charge in [0.2, 0.25) is 5.91 Å². The van der Waals surface area contributed by atoms with Crippen LogP contribution in [0.2, 0.25) is 0 Å². The molecule has 1 saturated carbocycles. The van der Waals surface area contributed by atoms with Gasteiger partial charge < -0.3 is 5.32 Å². The maximum atomic E-state index is 11.8. The summed E-state index contributed by atoms with van der Waals surface area (Å²) in [6, 6.07) is 5.78. The summed E-state index contributed by atoms with van der Waals surface area (Å²) in [4.78, 5) is 11.8. The summed E-state index contributed by atoms with van der Waals surface area (Å²) in [5.41, 5.74) is 1.71. The highest BCUT2D eigenvalue weighted by Gasteiger charge is 2.39. The molecule has 0 aliphatic heterocycles. The summed E-state index contributed by atoms with van der Waals surface area (Å²) in [7, 11) is 0. The highest BCUT2D eigenvalue weighted by atomic mass is 16.2. The molecule has 2 aromatic rings. The van der Waals surface area contributed by atoms with Crippen LogP contribution >= 0.6 is 0 Å². The predicted molar refractivity (Wildman–Crippen MR) is 62.0 cm³/mol. The molecule has 0 radical (unpaired) electrons. The van der Waals surface area contributed by atoms with Gasteiger partial charge in [0.1, 0.15) is 0 Å². The Bertz CT molecular complexity index is 546. The molecule has 4 nitrogen and oxygen atoms in total. The fourth-order valence-corrected chi connectivity index (χ4v) is 1.99. The number of benzene rings is 1. The zero-order valence-electron chi connectivity index (χ0n) is 9.03. The first kappa shape index (κ1) is 9.39. The average molecular weight is 215 g/mol. The van der Waals surface area contributed by atoms with Gasteiger partial charge in [0, 0.05) is 11.3 Å². The monoisotopic (exact) mass is 215 g/mol. The molecule has 3 rings (SSSR count). The van der Waals surface area contributed by atoms with Gasteiger partial charge >= 0.3 is 0 Å². The number of nitrogens with zero attached hydrogens (tertiary/aromatic N) is 1. The molecule has 1 amide bonds. The summed E-state index contributed by atoms with van der Waals surface area (Å²) < 4.78 is 0. The average Bonchev–Trinajstić information content (AvgIpc) is 2.81. The van der Waals surface area contributed by atoms with E-state index in [1.165, 1.54) is 0 Å². The van der Waals surface area contributed by atoms with E-state index in [1.807, 2.05) is 18.2 Å². The van der Waals surface area contributed by atoms with Gasteiger partial charge in [0.25, 0.3) is 0 Å². The minimum atomic E-state index is 0.120. The Kier molecular flexibility index (Phi) is 1.96. The number of hydrogen-bond acceptors (Lipinski definition) is 2. The third-order valence-corrected chi connectivity index (χ3v) is 3.18. The maximum Gasteiger partial charge on any atom is 0.227 e. The number of nitrogens with one attached hydrogen (secondary N) is 2. The number of amides is 1. The van der Waals surface area contributed by atoms with Crippen molar-refractivity contribution in [3.05, 3.63) is 24.4 Å². The smallest absolute Gasteiger partial charge is 0.227 e. The second-order valence-electron chi connectivity index (χ2n) is 4.45. The first-order chi connectivity index (χ1) is 7.75. The van der Waals surface area contributed by atoms with Crippen molar-refractivity contribution in [1.29, 1.82) is 0 Å². The number of H-pyrrole nitrogens is 1. The third-order valence-electron chi connectivity index (χ3n) is 3.18. The molecule has 1 aliphatic rings. The van der Waals surface area contributed by atoms with Crippen LogP contribution in [0.25, 0.3) is 10.9 Å². The van der Waals surface area contributed by atoms with Gasteiger partial charge in [-0.05, 0) is 18.4 Å². The van der Waals surface area contributed by atoms with Crippen molar-refractivity contribution in [1.82, 2.24) is 10.2 Å². The van der Waals surface area contributed by atoms with Crippen LogP contribution in [0.1, 0.15) is 13.3 Å². The Balaban J connectivity index is 1.88. The quantitative estimate of drug-likeness (QED) is 0.806. The molecular formula is C12H13N3O. The summed E-state index contributed by atoms with van der Waals surface area (Å²) in [6.45, 7) is 2.10. The second-order valence-corrected chi connectivity index (χ2v) is 4.45. The van der Waals surface area contributed by atoms with E-state index >= 15 is 0 Å². The van der Waals surface area contributed by atoms with E-state index in [-0.39, 0.29) is 11.8 Å². The molecule has 1 aliphatic carbocycles. The van der Waals surface area contributed by atoms with Crippen molar-refractivity contribution < 1.29 is 4.79 Å². The van der Waals surface area contributed by atoms with Gasteiger partial charge in [0.15, 0.2) is 0 Å². The van der Waals surface area contributed by atoms with Crippen molar-refractivity contribution in [2.45, 2.75) is 13.3 Å². The van der Waals surface area contributed by atoms with E-state index < -0.39 is 0 Å². The van der Waals surface area contributed by atoms with Gasteiger partial charge in [0.05, 0.1) is 17.4 Å². The molecule has 2 N–H and O–H groups in total. The van der Waals surface area contributed by atoms with Gasteiger partial charge in [-0.2, -0.15) is 5.10 Å². The van der Waals surface area contributed by atoms with Crippen LogP contribution in [0.5, 0.6) is 0 Å². The van der Waals surface area contributed by atoms with E-state index in [1.54, 1.807) is 6.20 Å². The van der Waals surface area contributed by atoms with Crippen molar-refractivity contribution in [3.63, 3.8) is 0 Å². The van der Waals surface area contributed by atoms with Crippen LogP contribution in [0.4, 0.5) is 5.69 Å². The van der Waals surface area contributed by atoms with Crippen LogP contribution in [0.15, 0.2) is 24.4 Å². The SMILES string of the molecule is C[C@@H]1C[C@@H]1C(=O)Nc1cccc2cn[nH]c12. The number of carbonyl (C=O) groups excluding carboxylic acids is 1. The summed E-state index contributed by atoms with van der Waals surface area (Å²) in [5.74, 6) is 0.841. The van der Waals surface area contributed by atoms with E-state index in [9.17, 15) is 4.79 Å². The predicted octanol–water partition coefficient (Wildman–Crippen LogP) is 2.16. The molecule has 4 heteroatoms. The van der Waals surface area contributed by atoms with Crippen LogP contribution in [-0.4, -0.2) is 16.1 Å². The Labute approximate surface area is 93.0 Å². The normalized spacial score (nSPS) is 23.3. The number of hydrogen-bond donors (Lipinski definition) is 2. The molecular weight excluding hydrogens is 202 g/mol. The highest BCUT2D eigenvalue weighted by Crippen LogP contribution is 2.38. The number of aromatic nitrogens is 2.